The van der Waals surface area contributed by atoms with E-state index in [1.807, 2.05) is 0 Å². The van der Waals surface area contributed by atoms with E-state index in [4.69, 9.17) is 11.6 Å². The zero-order valence-corrected chi connectivity index (χ0v) is 10.7. The van der Waals surface area contributed by atoms with E-state index in [1.54, 1.807) is 18.2 Å². The maximum atomic E-state index is 13.0. The van der Waals surface area contributed by atoms with Crippen LogP contribution in [0.25, 0.3) is 5.70 Å². The second kappa shape index (κ2) is 5.53. The molecule has 0 spiro atoms. The van der Waals surface area contributed by atoms with E-state index in [2.05, 4.69) is 6.58 Å². The molecule has 5 heteroatoms. The van der Waals surface area contributed by atoms with Gasteiger partial charge in [0.2, 0.25) is 0 Å². The third-order valence-electron chi connectivity index (χ3n) is 2.71. The Morgan fingerprint density at radius 2 is 2.05 bits per heavy atom. The van der Waals surface area contributed by atoms with Crippen molar-refractivity contribution in [2.45, 2.75) is 6.43 Å². The Kier molecular flexibility index (Phi) is 4.00. The van der Waals surface area contributed by atoms with Gasteiger partial charge in [-0.25, -0.2) is 13.2 Å². The quantitative estimate of drug-likeness (QED) is 0.792. The Bertz CT molecular complexity index is 564. The number of hydrogen-bond acceptors (Lipinski definition) is 1. The summed E-state index contributed by atoms with van der Waals surface area (Å²) < 4.78 is 38.3. The van der Waals surface area contributed by atoms with Gasteiger partial charge in [0, 0.05) is 11.3 Å². The highest BCUT2D eigenvalue weighted by Gasteiger charge is 2.21. The lowest BCUT2D eigenvalue weighted by atomic mass is 10.1. The van der Waals surface area contributed by atoms with Gasteiger partial charge in [-0.05, 0) is 30.4 Å². The Morgan fingerprint density at radius 3 is 2.68 bits per heavy atom. The van der Waals surface area contributed by atoms with Crippen LogP contribution >= 0.6 is 11.6 Å². The third kappa shape index (κ3) is 3.01. The van der Waals surface area contributed by atoms with Crippen molar-refractivity contribution in [3.8, 4) is 0 Å². The molecular weight excluding hydrogens is 275 g/mol. The Balaban J connectivity index is 2.42. The zero-order chi connectivity index (χ0) is 14.0. The minimum absolute atomic E-state index is 0.175. The van der Waals surface area contributed by atoms with Gasteiger partial charge in [0.15, 0.2) is 0 Å². The van der Waals surface area contributed by atoms with Gasteiger partial charge >= 0.3 is 0 Å². The summed E-state index contributed by atoms with van der Waals surface area (Å²) in [7, 11) is 0. The number of benzene rings is 1. The van der Waals surface area contributed by atoms with Crippen molar-refractivity contribution in [3.05, 3.63) is 65.1 Å². The van der Waals surface area contributed by atoms with E-state index in [0.29, 0.717) is 17.0 Å². The number of halogens is 4. The molecule has 0 radical (unpaired) electrons. The highest BCUT2D eigenvalue weighted by Crippen LogP contribution is 2.32. The predicted octanol–water partition coefficient (Wildman–Crippen LogP) is 4.47. The number of hydrogen-bond donors (Lipinski definition) is 0. The van der Waals surface area contributed by atoms with Gasteiger partial charge in [-0.1, -0.05) is 24.3 Å². The summed E-state index contributed by atoms with van der Waals surface area (Å²) in [5.74, 6) is -0.472. The molecule has 0 saturated heterocycles. The van der Waals surface area contributed by atoms with E-state index in [-0.39, 0.29) is 5.02 Å². The van der Waals surface area contributed by atoms with Gasteiger partial charge in [0.05, 0.1) is 17.3 Å². The van der Waals surface area contributed by atoms with Crippen LogP contribution in [0.5, 0.6) is 0 Å². The Labute approximate surface area is 114 Å². The topological polar surface area (TPSA) is 3.24 Å². The van der Waals surface area contributed by atoms with Crippen molar-refractivity contribution >= 4 is 17.3 Å². The number of nitrogens with zero attached hydrogens (tertiary/aromatic N) is 1. The van der Waals surface area contributed by atoms with E-state index in [0.717, 1.165) is 6.07 Å². The Morgan fingerprint density at radius 1 is 1.32 bits per heavy atom. The fourth-order valence-electron chi connectivity index (χ4n) is 1.87. The van der Waals surface area contributed by atoms with Gasteiger partial charge in [-0.15, -0.1) is 0 Å². The van der Waals surface area contributed by atoms with Crippen LogP contribution in [0.3, 0.4) is 0 Å². The fraction of sp³-hybridized carbons (Fsp3) is 0.143. The first-order valence-electron chi connectivity index (χ1n) is 5.57. The molecule has 100 valence electrons. The fourth-order valence-corrected chi connectivity index (χ4v) is 2.14. The molecule has 1 heterocycles. The van der Waals surface area contributed by atoms with Crippen molar-refractivity contribution in [3.63, 3.8) is 0 Å². The van der Waals surface area contributed by atoms with Crippen LogP contribution in [0.4, 0.5) is 13.2 Å². The van der Waals surface area contributed by atoms with Crippen molar-refractivity contribution < 1.29 is 13.2 Å². The number of rotatable bonds is 3. The molecule has 1 nitrogen and oxygen atoms in total. The third-order valence-corrected chi connectivity index (χ3v) is 3.02. The van der Waals surface area contributed by atoms with Gasteiger partial charge in [-0.3, -0.25) is 0 Å². The molecule has 0 unspecified atom stereocenters. The van der Waals surface area contributed by atoms with Gasteiger partial charge in [0.25, 0.3) is 6.43 Å². The SMILES string of the molecule is C=C1C=CC=C(c2ccc(F)cc2Cl)N1CC(F)F. The number of alkyl halides is 2. The Hall–Kier alpha value is -1.68. The summed E-state index contributed by atoms with van der Waals surface area (Å²) in [6.45, 7) is 3.24. The van der Waals surface area contributed by atoms with Gasteiger partial charge in [-0.2, -0.15) is 0 Å². The maximum Gasteiger partial charge on any atom is 0.256 e. The predicted molar refractivity (Wildman–Crippen MR) is 70.4 cm³/mol. The van der Waals surface area contributed by atoms with Crippen LogP contribution < -0.4 is 0 Å². The minimum atomic E-state index is -2.51. The van der Waals surface area contributed by atoms with E-state index in [9.17, 15) is 13.2 Å². The largest absolute Gasteiger partial charge is 0.336 e. The van der Waals surface area contributed by atoms with Gasteiger partial charge < -0.3 is 4.90 Å². The van der Waals surface area contributed by atoms with Crippen LogP contribution in [0, 0.1) is 5.82 Å². The van der Waals surface area contributed by atoms with Crippen LogP contribution in [0.15, 0.2) is 48.7 Å². The molecule has 1 aromatic carbocycles. The molecule has 0 aromatic heterocycles. The highest BCUT2D eigenvalue weighted by molar-refractivity contribution is 6.32. The summed E-state index contributed by atoms with van der Waals surface area (Å²) >= 11 is 5.96. The molecule has 0 saturated carbocycles. The molecule has 0 fully saturated rings. The van der Waals surface area contributed by atoms with Crippen LogP contribution in [-0.2, 0) is 0 Å². The second-order valence-corrected chi connectivity index (χ2v) is 4.44. The molecular formula is C14H11ClF3N. The minimum Gasteiger partial charge on any atom is -0.336 e. The number of allylic oxidation sites excluding steroid dienone is 3. The molecule has 1 aromatic rings. The first-order valence-corrected chi connectivity index (χ1v) is 5.95. The summed E-state index contributed by atoms with van der Waals surface area (Å²) in [6.07, 6.45) is 2.46. The molecule has 19 heavy (non-hydrogen) atoms. The molecule has 1 aliphatic heterocycles. The normalized spacial score (nSPS) is 15.1. The van der Waals surface area contributed by atoms with E-state index < -0.39 is 18.8 Å². The molecule has 0 amide bonds. The zero-order valence-electron chi connectivity index (χ0n) is 9.91. The smallest absolute Gasteiger partial charge is 0.256 e. The lowest BCUT2D eigenvalue weighted by Crippen LogP contribution is -2.27. The summed E-state index contributed by atoms with van der Waals surface area (Å²) in [5, 5.41) is 0.175. The summed E-state index contributed by atoms with van der Waals surface area (Å²) in [4.78, 5) is 1.36. The highest BCUT2D eigenvalue weighted by atomic mass is 35.5. The van der Waals surface area contributed by atoms with Crippen LogP contribution in [0.2, 0.25) is 5.02 Å². The summed E-state index contributed by atoms with van der Waals surface area (Å²) in [5.41, 5.74) is 1.42. The molecule has 0 aliphatic carbocycles. The molecule has 0 bridgehead atoms. The average molecular weight is 286 g/mol. The molecule has 2 rings (SSSR count). The van der Waals surface area contributed by atoms with Crippen molar-refractivity contribution in [2.24, 2.45) is 0 Å². The van der Waals surface area contributed by atoms with Gasteiger partial charge in [0.1, 0.15) is 5.82 Å². The van der Waals surface area contributed by atoms with Crippen LogP contribution in [0.1, 0.15) is 5.56 Å². The maximum absolute atomic E-state index is 13.0. The van der Waals surface area contributed by atoms with Crippen molar-refractivity contribution in [1.29, 1.82) is 0 Å². The van der Waals surface area contributed by atoms with E-state index in [1.165, 1.54) is 17.0 Å². The lowest BCUT2D eigenvalue weighted by molar-refractivity contribution is 0.123. The van der Waals surface area contributed by atoms with Crippen LogP contribution in [-0.4, -0.2) is 17.9 Å². The molecule has 1 aliphatic rings. The van der Waals surface area contributed by atoms with E-state index >= 15 is 0 Å². The first kappa shape index (κ1) is 13.7. The first-order chi connectivity index (χ1) is 8.99. The standard InChI is InChI=1S/C14H11ClF3N/c1-9-3-2-4-13(19(9)8-14(17)18)11-6-5-10(16)7-12(11)15/h2-7,14H,1,8H2. The monoisotopic (exact) mass is 285 g/mol. The van der Waals surface area contributed by atoms with Crippen molar-refractivity contribution in [2.75, 3.05) is 6.54 Å². The summed E-state index contributed by atoms with van der Waals surface area (Å²) in [6, 6.07) is 3.86. The lowest BCUT2D eigenvalue weighted by Gasteiger charge is -2.30. The van der Waals surface area contributed by atoms with Crippen molar-refractivity contribution in [1.82, 2.24) is 4.90 Å². The average Bonchev–Trinajstić information content (AvgIpc) is 2.32. The molecule has 0 atom stereocenters. The molecule has 0 N–H and O–H groups in total. The second-order valence-electron chi connectivity index (χ2n) is 4.03.